The number of fused-ring (bicyclic) bond motifs is 1. The first-order valence-corrected chi connectivity index (χ1v) is 8.82. The van der Waals surface area contributed by atoms with Crippen LogP contribution in [0.15, 0.2) is 24.3 Å². The monoisotopic (exact) mass is 392 g/mol. The Kier molecular flexibility index (Phi) is 5.59. The molecule has 0 spiro atoms. The van der Waals surface area contributed by atoms with Gasteiger partial charge in [0.1, 0.15) is 0 Å². The van der Waals surface area contributed by atoms with Crippen molar-refractivity contribution in [2.24, 2.45) is 0 Å². The van der Waals surface area contributed by atoms with Gasteiger partial charge in [0.2, 0.25) is 0 Å². The van der Waals surface area contributed by atoms with E-state index in [4.69, 9.17) is 0 Å². The summed E-state index contributed by atoms with van der Waals surface area (Å²) in [5.41, 5.74) is -3.25. The third-order valence-corrected chi connectivity index (χ3v) is 6.59. The number of alkyl halides is 3. The van der Waals surface area contributed by atoms with Crippen LogP contribution in [0.5, 0.6) is 0 Å². The third kappa shape index (κ3) is 3.51. The number of benzene rings is 1. The second-order valence-electron chi connectivity index (χ2n) is 6.03. The van der Waals surface area contributed by atoms with Crippen molar-refractivity contribution in [3.63, 3.8) is 0 Å². The first kappa shape index (κ1) is 17.8. The van der Waals surface area contributed by atoms with Crippen molar-refractivity contribution < 1.29 is 30.2 Å². The molecular formula is C17H20BrF3S. The average Bonchev–Trinajstić information content (AvgIpc) is 2.59. The fourth-order valence-electron chi connectivity index (χ4n) is 3.38. The van der Waals surface area contributed by atoms with E-state index >= 15 is 0 Å². The Morgan fingerprint density at radius 2 is 1.64 bits per heavy atom. The fraction of sp³-hybridized carbons (Fsp3) is 0.529. The van der Waals surface area contributed by atoms with Crippen LogP contribution in [0.1, 0.15) is 54.9 Å². The maximum Gasteiger partial charge on any atom is 0.600 e. The normalized spacial score (nSPS) is 18.1. The van der Waals surface area contributed by atoms with E-state index in [0.29, 0.717) is 9.58 Å². The molecule has 0 nitrogen and oxygen atoms in total. The van der Waals surface area contributed by atoms with Crippen molar-refractivity contribution in [2.75, 3.05) is 0 Å². The van der Waals surface area contributed by atoms with Gasteiger partial charge < -0.3 is 17.0 Å². The van der Waals surface area contributed by atoms with Gasteiger partial charge in [0, 0.05) is 23.4 Å². The molecule has 0 amide bonds. The molecule has 0 radical (unpaired) electrons. The maximum atomic E-state index is 13.6. The molecule has 1 saturated carbocycles. The van der Waals surface area contributed by atoms with Gasteiger partial charge in [0.25, 0.3) is 0 Å². The average molecular weight is 393 g/mol. The van der Waals surface area contributed by atoms with Crippen LogP contribution in [0.3, 0.4) is 0 Å². The van der Waals surface area contributed by atoms with Crippen LogP contribution in [0.25, 0.3) is 10.1 Å². The summed E-state index contributed by atoms with van der Waals surface area (Å²) in [7, 11) is -1.71. The summed E-state index contributed by atoms with van der Waals surface area (Å²) in [6, 6.07) is 7.32. The minimum Gasteiger partial charge on any atom is -1.00 e. The van der Waals surface area contributed by atoms with Crippen LogP contribution in [0.2, 0.25) is 0 Å². The lowest BCUT2D eigenvalue weighted by Crippen LogP contribution is -3.00. The molecule has 1 unspecified atom stereocenters. The van der Waals surface area contributed by atoms with Crippen molar-refractivity contribution in [3.8, 4) is 0 Å². The molecule has 1 aliphatic carbocycles. The molecule has 22 heavy (non-hydrogen) atoms. The van der Waals surface area contributed by atoms with E-state index in [0.717, 1.165) is 49.5 Å². The van der Waals surface area contributed by atoms with Crippen LogP contribution in [-0.2, 0) is 5.51 Å². The van der Waals surface area contributed by atoms with Gasteiger partial charge in [0.05, 0.1) is 10.5 Å². The van der Waals surface area contributed by atoms with Crippen LogP contribution in [0.4, 0.5) is 13.2 Å². The highest BCUT2D eigenvalue weighted by atomic mass is 79.9. The number of thiophene rings is 1. The van der Waals surface area contributed by atoms with Gasteiger partial charge in [-0.05, 0) is 31.4 Å². The molecule has 0 bridgehead atoms. The zero-order chi connectivity index (χ0) is 15.0. The minimum absolute atomic E-state index is 0. The van der Waals surface area contributed by atoms with Gasteiger partial charge in [-0.2, -0.15) is 0 Å². The SMILES string of the molecule is Cc1ccc2cc(C3CCCCCC3)[s+](C(F)(F)F)c2c1.[Br-]. The summed E-state index contributed by atoms with van der Waals surface area (Å²) in [5.74, 6) is 0.116. The highest BCUT2D eigenvalue weighted by Gasteiger charge is 2.49. The molecule has 0 N–H and O–H groups in total. The lowest BCUT2D eigenvalue weighted by molar-refractivity contribution is -0.0868. The van der Waals surface area contributed by atoms with Gasteiger partial charge in [0.15, 0.2) is 9.58 Å². The fourth-order valence-corrected chi connectivity index (χ4v) is 5.63. The Balaban J connectivity index is 0.00000176. The summed E-state index contributed by atoms with van der Waals surface area (Å²) >= 11 is 0. The van der Waals surface area contributed by atoms with Crippen LogP contribution in [0, 0.1) is 6.92 Å². The van der Waals surface area contributed by atoms with Crippen molar-refractivity contribution in [2.45, 2.75) is 56.9 Å². The molecule has 1 fully saturated rings. The first-order chi connectivity index (χ1) is 9.97. The Morgan fingerprint density at radius 1 is 1.00 bits per heavy atom. The summed E-state index contributed by atoms with van der Waals surface area (Å²) in [4.78, 5) is 0.644. The van der Waals surface area contributed by atoms with Gasteiger partial charge in [-0.25, -0.2) is 0 Å². The number of halogens is 4. The van der Waals surface area contributed by atoms with Gasteiger partial charge in [-0.3, -0.25) is 0 Å². The minimum atomic E-state index is -4.16. The zero-order valence-corrected chi connectivity index (χ0v) is 15.0. The van der Waals surface area contributed by atoms with Crippen LogP contribution in [-0.4, -0.2) is 0 Å². The van der Waals surface area contributed by atoms with E-state index in [-0.39, 0.29) is 22.9 Å². The lowest BCUT2D eigenvalue weighted by atomic mass is 9.98. The summed E-state index contributed by atoms with van der Waals surface area (Å²) < 4.78 is 41.4. The maximum absolute atomic E-state index is 13.6. The molecule has 1 aromatic heterocycles. The molecule has 1 atom stereocenters. The number of rotatable bonds is 1. The van der Waals surface area contributed by atoms with E-state index in [2.05, 4.69) is 0 Å². The van der Waals surface area contributed by atoms with Gasteiger partial charge in [-0.1, -0.05) is 31.7 Å². The second kappa shape index (κ2) is 6.91. The van der Waals surface area contributed by atoms with Crippen molar-refractivity contribution in [1.29, 1.82) is 0 Å². The highest BCUT2D eigenvalue weighted by Crippen LogP contribution is 2.54. The Bertz CT molecular complexity index is 637. The smallest absolute Gasteiger partial charge is 0.600 e. The van der Waals surface area contributed by atoms with Gasteiger partial charge >= 0.3 is 5.51 Å². The second-order valence-corrected chi connectivity index (χ2v) is 8.01. The standard InChI is InChI=1S/C17H20F3S.BrH/c1-12-8-9-14-11-16(13-6-4-2-3-5-7-13)21(15(14)10-12)17(18,19)20;/h8-11,13H,2-7H2,1H3;1H/q+1;/p-1. The van der Waals surface area contributed by atoms with E-state index in [1.54, 1.807) is 6.07 Å². The number of aryl methyl sites for hydroxylation is 1. The predicted molar refractivity (Wildman–Crippen MR) is 82.9 cm³/mol. The Hall–Kier alpha value is -0.550. The quantitative estimate of drug-likeness (QED) is 0.511. The van der Waals surface area contributed by atoms with Crippen LogP contribution < -0.4 is 17.0 Å². The molecule has 1 heterocycles. The topological polar surface area (TPSA) is 0 Å². The summed E-state index contributed by atoms with van der Waals surface area (Å²) in [6.07, 6.45) is 6.28. The van der Waals surface area contributed by atoms with E-state index in [1.165, 1.54) is 0 Å². The van der Waals surface area contributed by atoms with Crippen molar-refractivity contribution in [1.82, 2.24) is 0 Å². The van der Waals surface area contributed by atoms with Crippen molar-refractivity contribution >= 4 is 20.6 Å². The largest absolute Gasteiger partial charge is 1.00 e. The molecule has 1 aromatic carbocycles. The van der Waals surface area contributed by atoms with Crippen molar-refractivity contribution in [3.05, 3.63) is 34.7 Å². The number of hydrogen-bond acceptors (Lipinski definition) is 0. The molecule has 5 heteroatoms. The summed E-state index contributed by atoms with van der Waals surface area (Å²) in [5, 5.41) is 0.778. The summed E-state index contributed by atoms with van der Waals surface area (Å²) in [6.45, 7) is 1.86. The Morgan fingerprint density at radius 3 is 2.23 bits per heavy atom. The van der Waals surface area contributed by atoms with Crippen LogP contribution >= 0.6 is 10.5 Å². The van der Waals surface area contributed by atoms with E-state index in [9.17, 15) is 13.2 Å². The lowest BCUT2D eigenvalue weighted by Gasteiger charge is -2.10. The molecular weight excluding hydrogens is 373 g/mol. The third-order valence-electron chi connectivity index (χ3n) is 4.41. The number of hydrogen-bond donors (Lipinski definition) is 0. The Labute approximate surface area is 142 Å². The molecule has 0 aliphatic heterocycles. The molecule has 122 valence electrons. The molecule has 0 saturated heterocycles. The molecule has 1 aliphatic rings. The van der Waals surface area contributed by atoms with E-state index < -0.39 is 16.0 Å². The highest BCUT2D eigenvalue weighted by molar-refractivity contribution is 7.38. The molecule has 3 rings (SSSR count). The predicted octanol–water partition coefficient (Wildman–Crippen LogP) is 3.82. The molecule has 2 aromatic rings. The first-order valence-electron chi connectivity index (χ1n) is 7.60. The van der Waals surface area contributed by atoms with E-state index in [1.807, 2.05) is 25.1 Å². The van der Waals surface area contributed by atoms with Gasteiger partial charge in [-0.15, -0.1) is 13.2 Å². The zero-order valence-electron chi connectivity index (χ0n) is 12.5.